The third-order valence-electron chi connectivity index (χ3n) is 4.01. The summed E-state index contributed by atoms with van der Waals surface area (Å²) in [5, 5.41) is 0.901. The van der Waals surface area contributed by atoms with E-state index in [1.165, 1.54) is 0 Å². The maximum absolute atomic E-state index is 12.9. The number of carbonyl (C=O) groups excluding carboxylic acids is 1. The summed E-state index contributed by atoms with van der Waals surface area (Å²) in [4.78, 5) is 20.1. The molecule has 0 saturated carbocycles. The van der Waals surface area contributed by atoms with Crippen LogP contribution in [0, 0.1) is 0 Å². The molecule has 0 radical (unpaired) electrons. The Kier molecular flexibility index (Phi) is 4.07. The van der Waals surface area contributed by atoms with Crippen molar-refractivity contribution in [3.8, 4) is 11.5 Å². The predicted octanol–water partition coefficient (Wildman–Crippen LogP) is 4.82. The van der Waals surface area contributed by atoms with E-state index >= 15 is 0 Å². The van der Waals surface area contributed by atoms with E-state index in [4.69, 9.17) is 22.1 Å². The number of anilines is 1. The second-order valence-electron chi connectivity index (χ2n) is 5.71. The number of hydrogen-bond acceptors (Lipinski definition) is 4. The van der Waals surface area contributed by atoms with Gasteiger partial charge in [-0.3, -0.25) is 4.79 Å². The van der Waals surface area contributed by atoms with Gasteiger partial charge in [-0.05, 0) is 30.3 Å². The van der Waals surface area contributed by atoms with Gasteiger partial charge < -0.3 is 15.5 Å². The van der Waals surface area contributed by atoms with E-state index in [1.54, 1.807) is 36.7 Å². The van der Waals surface area contributed by atoms with Gasteiger partial charge in [-0.2, -0.15) is 0 Å². The Morgan fingerprint density at radius 1 is 1.04 bits per heavy atom. The highest BCUT2D eigenvalue weighted by atomic mass is 35.5. The van der Waals surface area contributed by atoms with Crippen molar-refractivity contribution in [3.63, 3.8) is 0 Å². The van der Waals surface area contributed by atoms with Gasteiger partial charge in [0.1, 0.15) is 17.1 Å². The minimum absolute atomic E-state index is 0.229. The van der Waals surface area contributed by atoms with Crippen LogP contribution in [0.2, 0.25) is 5.02 Å². The van der Waals surface area contributed by atoms with E-state index in [-0.39, 0.29) is 5.78 Å². The van der Waals surface area contributed by atoms with Gasteiger partial charge in [0.05, 0.1) is 16.0 Å². The van der Waals surface area contributed by atoms with Crippen molar-refractivity contribution >= 4 is 34.1 Å². The zero-order chi connectivity index (χ0) is 18.1. The number of pyridine rings is 1. The molecule has 3 N–H and O–H groups in total. The number of benzene rings is 2. The second kappa shape index (κ2) is 6.54. The number of aromatic amines is 1. The van der Waals surface area contributed by atoms with Gasteiger partial charge in [0.15, 0.2) is 5.78 Å². The van der Waals surface area contributed by atoms with Crippen LogP contribution >= 0.6 is 11.6 Å². The second-order valence-corrected chi connectivity index (χ2v) is 6.12. The molecular formula is C20H14ClN3O2. The topological polar surface area (TPSA) is 81.0 Å². The highest BCUT2D eigenvalue weighted by Crippen LogP contribution is 2.30. The van der Waals surface area contributed by atoms with Crippen molar-refractivity contribution in [2.75, 3.05) is 5.73 Å². The molecule has 2 heterocycles. The van der Waals surface area contributed by atoms with Crippen LogP contribution in [0.3, 0.4) is 0 Å². The maximum atomic E-state index is 12.9. The molecule has 2 aromatic carbocycles. The summed E-state index contributed by atoms with van der Waals surface area (Å²) in [6.07, 6.45) is 3.19. The monoisotopic (exact) mass is 363 g/mol. The van der Waals surface area contributed by atoms with E-state index in [0.717, 1.165) is 0 Å². The average Bonchev–Trinajstić information content (AvgIpc) is 3.08. The molecule has 6 heteroatoms. The molecule has 0 aliphatic rings. The zero-order valence-electron chi connectivity index (χ0n) is 13.6. The molecule has 0 amide bonds. The Hall–Kier alpha value is -3.31. The highest BCUT2D eigenvalue weighted by molar-refractivity contribution is 6.35. The van der Waals surface area contributed by atoms with Gasteiger partial charge in [0.25, 0.3) is 0 Å². The third kappa shape index (κ3) is 2.89. The van der Waals surface area contributed by atoms with E-state index in [2.05, 4.69) is 9.97 Å². The van der Waals surface area contributed by atoms with Crippen LogP contribution in [0.5, 0.6) is 11.5 Å². The normalized spacial score (nSPS) is 10.8. The van der Waals surface area contributed by atoms with E-state index in [0.29, 0.717) is 44.4 Å². The molecule has 2 aromatic heterocycles. The molecule has 0 fully saturated rings. The number of hydrogen-bond donors (Lipinski definition) is 2. The maximum Gasteiger partial charge on any atom is 0.196 e. The number of halogens is 1. The average molecular weight is 364 g/mol. The Bertz CT molecular complexity index is 1110. The number of fused-ring (bicyclic) bond motifs is 1. The first-order valence-electron chi connectivity index (χ1n) is 7.92. The summed E-state index contributed by atoms with van der Waals surface area (Å²) >= 11 is 6.34. The highest BCUT2D eigenvalue weighted by Gasteiger charge is 2.19. The fourth-order valence-corrected chi connectivity index (χ4v) is 3.03. The van der Waals surface area contributed by atoms with Crippen LogP contribution in [0.25, 0.3) is 11.0 Å². The molecule has 0 atom stereocenters. The van der Waals surface area contributed by atoms with Crippen molar-refractivity contribution in [3.05, 3.63) is 83.1 Å². The molecule has 0 aliphatic carbocycles. The Labute approximate surface area is 154 Å². The molecule has 26 heavy (non-hydrogen) atoms. The Balaban J connectivity index is 1.68. The first-order chi connectivity index (χ1) is 12.6. The van der Waals surface area contributed by atoms with Crippen LogP contribution in [-0.4, -0.2) is 15.8 Å². The minimum Gasteiger partial charge on any atom is -0.457 e. The summed E-state index contributed by atoms with van der Waals surface area (Å²) in [7, 11) is 0. The number of nitrogens with two attached hydrogens (primary N) is 1. The number of nitrogens with zero attached hydrogens (tertiary/aromatic N) is 1. The van der Waals surface area contributed by atoms with E-state index in [1.807, 2.05) is 30.3 Å². The quantitative estimate of drug-likeness (QED) is 0.509. The molecule has 0 spiro atoms. The molecule has 4 aromatic rings. The van der Waals surface area contributed by atoms with Crippen molar-refractivity contribution in [2.24, 2.45) is 0 Å². The van der Waals surface area contributed by atoms with Crippen molar-refractivity contribution in [1.82, 2.24) is 9.97 Å². The fraction of sp³-hybridized carbons (Fsp3) is 0. The lowest BCUT2D eigenvalue weighted by Crippen LogP contribution is -2.03. The van der Waals surface area contributed by atoms with Gasteiger partial charge in [-0.1, -0.05) is 29.8 Å². The summed E-state index contributed by atoms with van der Waals surface area (Å²) in [5.74, 6) is 1.02. The largest absolute Gasteiger partial charge is 0.457 e. The number of carbonyl (C=O) groups is 1. The fourth-order valence-electron chi connectivity index (χ4n) is 2.77. The lowest BCUT2D eigenvalue weighted by atomic mass is 10.0. The van der Waals surface area contributed by atoms with Crippen molar-refractivity contribution < 1.29 is 9.53 Å². The molecular weight excluding hydrogens is 350 g/mol. The molecule has 5 nitrogen and oxygen atoms in total. The van der Waals surface area contributed by atoms with Crippen molar-refractivity contribution in [1.29, 1.82) is 0 Å². The number of H-pyrrole nitrogens is 1. The number of aromatic nitrogens is 2. The molecule has 0 bridgehead atoms. The van der Waals surface area contributed by atoms with Crippen LogP contribution in [0.4, 0.5) is 5.69 Å². The van der Waals surface area contributed by atoms with Crippen LogP contribution in [-0.2, 0) is 0 Å². The van der Waals surface area contributed by atoms with Gasteiger partial charge in [-0.15, -0.1) is 0 Å². The SMILES string of the molecule is Nc1ccnc2[nH]cc(C(=O)c3ccc(Oc4ccccc4)cc3Cl)c12. The van der Waals surface area contributed by atoms with E-state index < -0.39 is 0 Å². The number of nitrogens with one attached hydrogen (secondary N) is 1. The van der Waals surface area contributed by atoms with Crippen molar-refractivity contribution in [2.45, 2.75) is 0 Å². The molecule has 4 rings (SSSR count). The Morgan fingerprint density at radius 3 is 2.62 bits per heavy atom. The first-order valence-corrected chi connectivity index (χ1v) is 8.30. The molecule has 128 valence electrons. The standard InChI is InChI=1S/C20H14ClN3O2/c21-16-10-13(26-12-4-2-1-3-5-12)6-7-14(16)19(25)15-11-24-20-18(15)17(22)8-9-23-20/h1-11H,(H3,22,23,24). The lowest BCUT2D eigenvalue weighted by molar-refractivity contribution is 0.104. The van der Waals surface area contributed by atoms with Crippen LogP contribution in [0.15, 0.2) is 67.0 Å². The number of ether oxygens (including phenoxy) is 1. The molecule has 0 aliphatic heterocycles. The van der Waals surface area contributed by atoms with E-state index in [9.17, 15) is 4.79 Å². The molecule has 0 saturated heterocycles. The lowest BCUT2D eigenvalue weighted by Gasteiger charge is -2.08. The van der Waals surface area contributed by atoms with Crippen LogP contribution < -0.4 is 10.5 Å². The summed E-state index contributed by atoms with van der Waals surface area (Å²) in [6.45, 7) is 0. The molecule has 0 unspecified atom stereocenters. The number of rotatable bonds is 4. The number of para-hydroxylation sites is 1. The Morgan fingerprint density at radius 2 is 1.85 bits per heavy atom. The summed E-state index contributed by atoms with van der Waals surface area (Å²) in [6, 6.07) is 16.0. The van der Waals surface area contributed by atoms with Gasteiger partial charge in [0, 0.05) is 29.7 Å². The predicted molar refractivity (Wildman–Crippen MR) is 102 cm³/mol. The minimum atomic E-state index is -0.229. The zero-order valence-corrected chi connectivity index (χ0v) is 14.3. The summed E-state index contributed by atoms with van der Waals surface area (Å²) < 4.78 is 5.74. The van der Waals surface area contributed by atoms with Gasteiger partial charge >= 0.3 is 0 Å². The van der Waals surface area contributed by atoms with Gasteiger partial charge in [-0.25, -0.2) is 4.98 Å². The number of ketones is 1. The first kappa shape index (κ1) is 16.2. The van der Waals surface area contributed by atoms with Crippen LogP contribution in [0.1, 0.15) is 15.9 Å². The van der Waals surface area contributed by atoms with Gasteiger partial charge in [0.2, 0.25) is 0 Å². The number of nitrogen functional groups attached to an aromatic ring is 1. The summed E-state index contributed by atoms with van der Waals surface area (Å²) in [5.41, 5.74) is 7.86. The smallest absolute Gasteiger partial charge is 0.196 e. The third-order valence-corrected chi connectivity index (χ3v) is 4.33.